The Hall–Kier alpha value is -4.78. The zero-order valence-corrected chi connectivity index (χ0v) is 21.1. The first-order valence-corrected chi connectivity index (χ1v) is 12.9. The van der Waals surface area contributed by atoms with Crippen molar-refractivity contribution < 1.29 is 13.9 Å². The lowest BCUT2D eigenvalue weighted by Gasteiger charge is -2.33. The van der Waals surface area contributed by atoms with Gasteiger partial charge in [0.05, 0.1) is 18.0 Å². The minimum atomic E-state index is -0.523. The number of para-hydroxylation sites is 1. The molecule has 1 saturated carbocycles. The van der Waals surface area contributed by atoms with Gasteiger partial charge in [0, 0.05) is 24.7 Å². The number of rotatable bonds is 6. The maximum absolute atomic E-state index is 15.5. The van der Waals surface area contributed by atoms with Crippen LogP contribution < -0.4 is 10.5 Å². The summed E-state index contributed by atoms with van der Waals surface area (Å²) >= 11 is 0. The average molecular weight is 524 g/mol. The second kappa shape index (κ2) is 10.2. The number of carbonyl (C=O) groups is 1. The van der Waals surface area contributed by atoms with Gasteiger partial charge in [-0.25, -0.2) is 23.9 Å². The number of ether oxygens (including phenoxy) is 1. The molecule has 196 valence electrons. The van der Waals surface area contributed by atoms with Gasteiger partial charge in [-0.1, -0.05) is 24.3 Å². The average Bonchev–Trinajstić information content (AvgIpc) is 3.70. The van der Waals surface area contributed by atoms with E-state index in [0.29, 0.717) is 47.2 Å². The molecule has 2 aromatic heterocycles. The van der Waals surface area contributed by atoms with Gasteiger partial charge in [0.2, 0.25) is 5.70 Å². The van der Waals surface area contributed by atoms with Crippen molar-refractivity contribution in [3.05, 3.63) is 83.9 Å². The highest BCUT2D eigenvalue weighted by molar-refractivity contribution is 5.98. The summed E-state index contributed by atoms with van der Waals surface area (Å²) in [5.41, 5.74) is 7.46. The van der Waals surface area contributed by atoms with Gasteiger partial charge in [0.15, 0.2) is 5.65 Å². The smallest absolute Gasteiger partial charge is 0.252 e. The highest BCUT2D eigenvalue weighted by atomic mass is 19.1. The van der Waals surface area contributed by atoms with Crippen LogP contribution in [0.5, 0.6) is 11.5 Å². The Labute approximate surface area is 224 Å². The van der Waals surface area contributed by atoms with E-state index in [1.54, 1.807) is 39.9 Å². The van der Waals surface area contributed by atoms with Crippen LogP contribution in [0.4, 0.5) is 10.2 Å². The lowest BCUT2D eigenvalue weighted by Crippen LogP contribution is -2.41. The number of amides is 1. The third-order valence-corrected chi connectivity index (χ3v) is 7.08. The molecule has 1 atom stereocenters. The highest BCUT2D eigenvalue weighted by Crippen LogP contribution is 2.37. The van der Waals surface area contributed by atoms with Crippen LogP contribution in [0.15, 0.2) is 66.6 Å². The minimum absolute atomic E-state index is 0.176. The summed E-state index contributed by atoms with van der Waals surface area (Å²) in [6, 6.07) is 13.5. The first-order valence-electron chi connectivity index (χ1n) is 12.9. The molecule has 1 aliphatic carbocycles. The molecule has 2 aromatic carbocycles. The number of nitrogens with two attached hydrogens (primary N) is 1. The Morgan fingerprint density at radius 3 is 2.69 bits per heavy atom. The van der Waals surface area contributed by atoms with Crippen LogP contribution in [0.25, 0.3) is 27.1 Å². The van der Waals surface area contributed by atoms with Crippen LogP contribution in [-0.4, -0.2) is 43.6 Å². The SMILES string of the molecule is [C-]#[N+]/C(=C\C1CC1)C(=O)N1CCC[C@@H](n2nc(-c3ccc(Oc4ccccc4)cc3F)c3c(N)ncnc32)C1. The lowest BCUT2D eigenvalue weighted by atomic mass is 10.1. The molecule has 1 saturated heterocycles. The number of anilines is 1. The van der Waals surface area contributed by atoms with Crippen LogP contribution in [0.3, 0.4) is 0 Å². The van der Waals surface area contributed by atoms with Gasteiger partial charge in [0.25, 0.3) is 5.91 Å². The van der Waals surface area contributed by atoms with E-state index in [1.807, 2.05) is 18.2 Å². The summed E-state index contributed by atoms with van der Waals surface area (Å²) in [7, 11) is 0. The first kappa shape index (κ1) is 24.6. The van der Waals surface area contributed by atoms with Crippen LogP contribution in [0.2, 0.25) is 0 Å². The normalized spacial score (nSPS) is 17.7. The van der Waals surface area contributed by atoms with Crippen molar-refractivity contribution in [2.75, 3.05) is 18.8 Å². The third-order valence-electron chi connectivity index (χ3n) is 7.08. The Morgan fingerprint density at radius 1 is 1.13 bits per heavy atom. The molecule has 3 heterocycles. The van der Waals surface area contributed by atoms with Gasteiger partial charge in [0.1, 0.15) is 35.2 Å². The molecule has 4 aromatic rings. The molecule has 2 aliphatic rings. The Morgan fingerprint density at radius 2 is 1.95 bits per heavy atom. The molecule has 39 heavy (non-hydrogen) atoms. The predicted octanol–water partition coefficient (Wildman–Crippen LogP) is 5.38. The number of hydrogen-bond donors (Lipinski definition) is 1. The molecule has 2 N–H and O–H groups in total. The molecule has 1 amide bonds. The number of aromatic nitrogens is 4. The number of carbonyl (C=O) groups excluding carboxylic acids is 1. The van der Waals surface area contributed by atoms with Crippen molar-refractivity contribution in [2.24, 2.45) is 5.92 Å². The van der Waals surface area contributed by atoms with E-state index in [1.165, 1.54) is 12.4 Å². The fourth-order valence-corrected chi connectivity index (χ4v) is 4.96. The standard InChI is InChI=1S/C29H26FN7O2/c1-32-24(14-18-9-10-18)29(38)36-13-5-6-19(16-36)37-28-25(27(31)33-17-34-28)26(35-37)22-12-11-21(15-23(22)30)39-20-7-3-2-4-8-20/h2-4,7-8,11-12,14-15,17-19H,5-6,9-10,13,16H2,(H2,31,33,34)/b24-14-/t19-/m1/s1. The number of hydrogen-bond acceptors (Lipinski definition) is 6. The zero-order valence-electron chi connectivity index (χ0n) is 21.1. The van der Waals surface area contributed by atoms with Gasteiger partial charge in [-0.15, -0.1) is 0 Å². The van der Waals surface area contributed by atoms with Gasteiger partial charge < -0.3 is 15.4 Å². The molecule has 0 unspecified atom stereocenters. The zero-order chi connectivity index (χ0) is 26.9. The van der Waals surface area contributed by atoms with E-state index in [-0.39, 0.29) is 29.0 Å². The van der Waals surface area contributed by atoms with Gasteiger partial charge in [-0.3, -0.25) is 4.79 Å². The number of nitrogens with zero attached hydrogens (tertiary/aromatic N) is 6. The summed E-state index contributed by atoms with van der Waals surface area (Å²) in [5.74, 6) is 0.693. The first-order chi connectivity index (χ1) is 19.0. The molecular weight excluding hydrogens is 497 g/mol. The van der Waals surface area contributed by atoms with Crippen LogP contribution in [0, 0.1) is 18.3 Å². The molecule has 0 radical (unpaired) electrons. The summed E-state index contributed by atoms with van der Waals surface area (Å²) in [4.78, 5) is 26.9. The number of piperidine rings is 1. The summed E-state index contributed by atoms with van der Waals surface area (Å²) < 4.78 is 23.0. The number of nitrogen functional groups attached to an aromatic ring is 1. The van der Waals surface area contributed by atoms with Crippen molar-refractivity contribution in [1.82, 2.24) is 24.6 Å². The quantitative estimate of drug-likeness (QED) is 0.269. The molecule has 0 spiro atoms. The van der Waals surface area contributed by atoms with Crippen molar-refractivity contribution >= 4 is 22.8 Å². The Balaban J connectivity index is 1.33. The molecule has 1 aliphatic heterocycles. The van der Waals surface area contributed by atoms with E-state index in [9.17, 15) is 4.79 Å². The molecule has 2 fully saturated rings. The second-order valence-corrected chi connectivity index (χ2v) is 9.86. The van der Waals surface area contributed by atoms with Crippen molar-refractivity contribution in [3.8, 4) is 22.8 Å². The maximum atomic E-state index is 15.5. The fourth-order valence-electron chi connectivity index (χ4n) is 4.96. The van der Waals surface area contributed by atoms with Crippen LogP contribution >= 0.6 is 0 Å². The summed E-state index contributed by atoms with van der Waals surface area (Å²) in [6.07, 6.45) is 6.68. The van der Waals surface area contributed by atoms with Crippen molar-refractivity contribution in [2.45, 2.75) is 31.7 Å². The highest BCUT2D eigenvalue weighted by Gasteiger charge is 2.31. The molecular formula is C29H26FN7O2. The molecule has 0 bridgehead atoms. The topological polar surface area (TPSA) is 104 Å². The van der Waals surface area contributed by atoms with Gasteiger partial charge in [-0.05, 0) is 55.9 Å². The van der Waals surface area contributed by atoms with Gasteiger partial charge in [-0.2, -0.15) is 5.10 Å². The van der Waals surface area contributed by atoms with E-state index >= 15 is 4.39 Å². The monoisotopic (exact) mass is 523 g/mol. The maximum Gasteiger partial charge on any atom is 0.252 e. The molecule has 10 heteroatoms. The van der Waals surface area contributed by atoms with E-state index in [4.69, 9.17) is 22.1 Å². The minimum Gasteiger partial charge on any atom is -0.457 e. The van der Waals surface area contributed by atoms with E-state index in [0.717, 1.165) is 25.7 Å². The Bertz CT molecular complexity index is 1620. The van der Waals surface area contributed by atoms with Crippen molar-refractivity contribution in [3.63, 3.8) is 0 Å². The third kappa shape index (κ3) is 4.91. The largest absolute Gasteiger partial charge is 0.457 e. The fraction of sp³-hybridized carbons (Fsp3) is 0.276. The number of benzene rings is 2. The van der Waals surface area contributed by atoms with E-state index < -0.39 is 5.82 Å². The predicted molar refractivity (Wildman–Crippen MR) is 144 cm³/mol. The number of allylic oxidation sites excluding steroid dienone is 1. The van der Waals surface area contributed by atoms with Crippen molar-refractivity contribution in [1.29, 1.82) is 0 Å². The Kier molecular flexibility index (Phi) is 6.40. The van der Waals surface area contributed by atoms with E-state index in [2.05, 4.69) is 14.8 Å². The second-order valence-electron chi connectivity index (χ2n) is 9.86. The number of likely N-dealkylation sites (tertiary alicyclic amines) is 1. The van der Waals surface area contributed by atoms with Crippen LogP contribution in [-0.2, 0) is 4.79 Å². The lowest BCUT2D eigenvalue weighted by molar-refractivity contribution is -0.128. The summed E-state index contributed by atoms with van der Waals surface area (Å²) in [6.45, 7) is 8.42. The number of halogens is 1. The molecule has 6 rings (SSSR count). The van der Waals surface area contributed by atoms with Crippen LogP contribution in [0.1, 0.15) is 31.7 Å². The molecule has 9 nitrogen and oxygen atoms in total. The van der Waals surface area contributed by atoms with Gasteiger partial charge >= 0.3 is 0 Å². The summed E-state index contributed by atoms with van der Waals surface area (Å²) in [5, 5.41) is 5.23. The number of fused-ring (bicyclic) bond motifs is 1.